The van der Waals surface area contributed by atoms with Gasteiger partial charge in [-0.3, -0.25) is 0 Å². The van der Waals surface area contributed by atoms with Gasteiger partial charge < -0.3 is 20.0 Å². The molecule has 2 heterocycles. The van der Waals surface area contributed by atoms with Gasteiger partial charge in [0, 0.05) is 38.4 Å². The predicted octanol–water partition coefficient (Wildman–Crippen LogP) is 1.56. The lowest BCUT2D eigenvalue weighted by Crippen LogP contribution is -2.46. The molecule has 3 rings (SSSR count). The molecule has 1 N–H and O–H groups in total. The van der Waals surface area contributed by atoms with Crippen LogP contribution in [0.1, 0.15) is 6.42 Å². The summed E-state index contributed by atoms with van der Waals surface area (Å²) in [4.78, 5) is 11.5. The lowest BCUT2D eigenvalue weighted by Gasteiger charge is -2.36. The summed E-state index contributed by atoms with van der Waals surface area (Å²) >= 11 is 0. The molecule has 0 unspecified atom stereocenters. The van der Waals surface area contributed by atoms with Gasteiger partial charge >= 0.3 is 0 Å². The number of nitrogens with zero attached hydrogens (tertiary/aromatic N) is 6. The van der Waals surface area contributed by atoms with Gasteiger partial charge in [0.2, 0.25) is 5.95 Å². The van der Waals surface area contributed by atoms with E-state index < -0.39 is 0 Å². The monoisotopic (exact) mass is 341 g/mol. The number of piperazine rings is 1. The maximum atomic E-state index is 4.62. The van der Waals surface area contributed by atoms with Crippen LogP contribution < -0.4 is 15.1 Å². The van der Waals surface area contributed by atoms with Gasteiger partial charge in [0.1, 0.15) is 0 Å². The lowest BCUT2D eigenvalue weighted by molar-refractivity contribution is 0.405. The van der Waals surface area contributed by atoms with E-state index in [-0.39, 0.29) is 0 Å². The van der Waals surface area contributed by atoms with E-state index in [1.54, 1.807) is 6.20 Å². The standard InChI is InChI=1S/C18H27N7/c1-23(2)10-6-9-19-18-21-17(15-20-22-18)25-13-11-24(12-14-25)16-7-4-3-5-8-16/h3-5,7-8,15H,6,9-14H2,1-2H3,(H,19,21,22). The first kappa shape index (κ1) is 17.4. The first-order valence-corrected chi connectivity index (χ1v) is 8.85. The highest BCUT2D eigenvalue weighted by Gasteiger charge is 2.19. The molecule has 1 aliphatic rings. The van der Waals surface area contributed by atoms with Crippen molar-refractivity contribution in [3.8, 4) is 0 Å². The van der Waals surface area contributed by atoms with Crippen LogP contribution in [-0.2, 0) is 0 Å². The Morgan fingerprint density at radius 3 is 2.48 bits per heavy atom. The average molecular weight is 341 g/mol. The zero-order valence-electron chi connectivity index (χ0n) is 15.1. The fourth-order valence-electron chi connectivity index (χ4n) is 2.95. The number of para-hydroxylation sites is 1. The van der Waals surface area contributed by atoms with Crippen LogP contribution in [0.2, 0.25) is 0 Å². The maximum absolute atomic E-state index is 4.62. The van der Waals surface area contributed by atoms with Gasteiger partial charge in [-0.2, -0.15) is 10.1 Å². The topological polar surface area (TPSA) is 60.4 Å². The molecule has 1 saturated heterocycles. The van der Waals surface area contributed by atoms with Gasteiger partial charge in [0.25, 0.3) is 0 Å². The van der Waals surface area contributed by atoms with Gasteiger partial charge in [-0.15, -0.1) is 5.10 Å². The van der Waals surface area contributed by atoms with Crippen molar-refractivity contribution in [3.63, 3.8) is 0 Å². The highest BCUT2D eigenvalue weighted by molar-refractivity contribution is 5.49. The Morgan fingerprint density at radius 1 is 1.04 bits per heavy atom. The number of benzene rings is 1. The Labute approximate surface area is 149 Å². The summed E-state index contributed by atoms with van der Waals surface area (Å²) in [6, 6.07) is 10.6. The molecule has 134 valence electrons. The van der Waals surface area contributed by atoms with Crippen molar-refractivity contribution in [3.05, 3.63) is 36.5 Å². The minimum absolute atomic E-state index is 0.613. The molecule has 1 aliphatic heterocycles. The molecule has 0 saturated carbocycles. The van der Waals surface area contributed by atoms with E-state index in [2.05, 4.69) is 79.6 Å². The SMILES string of the molecule is CN(C)CCCNc1nncc(N2CCN(c3ccccc3)CC2)n1. The molecule has 1 aromatic heterocycles. The third kappa shape index (κ3) is 5.03. The number of nitrogens with one attached hydrogen (secondary N) is 1. The molecule has 1 aromatic carbocycles. The van der Waals surface area contributed by atoms with E-state index >= 15 is 0 Å². The van der Waals surface area contributed by atoms with E-state index in [4.69, 9.17) is 0 Å². The number of hydrogen-bond donors (Lipinski definition) is 1. The highest BCUT2D eigenvalue weighted by atomic mass is 15.3. The third-order valence-corrected chi connectivity index (χ3v) is 4.34. The van der Waals surface area contributed by atoms with Crippen molar-refractivity contribution in [1.29, 1.82) is 0 Å². The molecule has 25 heavy (non-hydrogen) atoms. The van der Waals surface area contributed by atoms with Crippen molar-refractivity contribution < 1.29 is 0 Å². The van der Waals surface area contributed by atoms with Crippen LogP contribution in [0.25, 0.3) is 0 Å². The van der Waals surface area contributed by atoms with Gasteiger partial charge in [-0.1, -0.05) is 18.2 Å². The van der Waals surface area contributed by atoms with Gasteiger partial charge in [0.15, 0.2) is 5.82 Å². The fraction of sp³-hybridized carbons (Fsp3) is 0.500. The van der Waals surface area contributed by atoms with Crippen molar-refractivity contribution in [2.24, 2.45) is 0 Å². The van der Waals surface area contributed by atoms with Crippen LogP contribution in [0.3, 0.4) is 0 Å². The first-order valence-electron chi connectivity index (χ1n) is 8.85. The molecule has 0 amide bonds. The normalized spacial score (nSPS) is 14.8. The summed E-state index contributed by atoms with van der Waals surface area (Å²) in [7, 11) is 4.15. The van der Waals surface area contributed by atoms with E-state index in [9.17, 15) is 0 Å². The average Bonchev–Trinajstić information content (AvgIpc) is 2.66. The highest BCUT2D eigenvalue weighted by Crippen LogP contribution is 2.18. The largest absolute Gasteiger partial charge is 0.368 e. The van der Waals surface area contributed by atoms with Crippen molar-refractivity contribution >= 4 is 17.5 Å². The second-order valence-corrected chi connectivity index (χ2v) is 6.53. The maximum Gasteiger partial charge on any atom is 0.244 e. The number of anilines is 3. The summed E-state index contributed by atoms with van der Waals surface area (Å²) < 4.78 is 0. The zero-order valence-corrected chi connectivity index (χ0v) is 15.1. The van der Waals surface area contributed by atoms with Crippen molar-refractivity contribution in [1.82, 2.24) is 20.1 Å². The van der Waals surface area contributed by atoms with E-state index in [1.807, 2.05) is 0 Å². The predicted molar refractivity (Wildman–Crippen MR) is 102 cm³/mol. The molecular weight excluding hydrogens is 314 g/mol. The molecule has 7 heteroatoms. The summed E-state index contributed by atoms with van der Waals surface area (Å²) in [5, 5.41) is 11.5. The smallest absolute Gasteiger partial charge is 0.244 e. The van der Waals surface area contributed by atoms with Crippen molar-refractivity contribution in [2.45, 2.75) is 6.42 Å². The molecule has 0 radical (unpaired) electrons. The first-order chi connectivity index (χ1) is 12.2. The summed E-state index contributed by atoms with van der Waals surface area (Å²) in [6.45, 7) is 5.74. The molecule has 1 fully saturated rings. The van der Waals surface area contributed by atoms with Crippen LogP contribution >= 0.6 is 0 Å². The number of hydrogen-bond acceptors (Lipinski definition) is 7. The van der Waals surface area contributed by atoms with Crippen LogP contribution in [0.5, 0.6) is 0 Å². The zero-order chi connectivity index (χ0) is 17.5. The Kier molecular flexibility index (Phi) is 6.00. The van der Waals surface area contributed by atoms with Gasteiger partial charge in [-0.25, -0.2) is 0 Å². The Balaban J connectivity index is 1.52. The van der Waals surface area contributed by atoms with Crippen LogP contribution in [0.15, 0.2) is 36.5 Å². The molecule has 7 nitrogen and oxygen atoms in total. The van der Waals surface area contributed by atoms with E-state index in [1.165, 1.54) is 5.69 Å². The van der Waals surface area contributed by atoms with Gasteiger partial charge in [-0.05, 0) is 39.2 Å². The van der Waals surface area contributed by atoms with Crippen molar-refractivity contribution in [2.75, 3.05) is 68.5 Å². The molecule has 2 aromatic rings. The van der Waals surface area contributed by atoms with Crippen LogP contribution in [0.4, 0.5) is 17.5 Å². The Hall–Kier alpha value is -2.41. The second kappa shape index (κ2) is 8.62. The van der Waals surface area contributed by atoms with E-state index in [0.29, 0.717) is 5.95 Å². The van der Waals surface area contributed by atoms with E-state index in [0.717, 1.165) is 51.5 Å². The molecule has 0 spiro atoms. The molecule has 0 bridgehead atoms. The molecule has 0 atom stereocenters. The molecule has 0 aliphatic carbocycles. The minimum atomic E-state index is 0.613. The van der Waals surface area contributed by atoms with Crippen LogP contribution in [0, 0.1) is 0 Å². The third-order valence-electron chi connectivity index (χ3n) is 4.34. The lowest BCUT2D eigenvalue weighted by atomic mass is 10.2. The Morgan fingerprint density at radius 2 is 1.76 bits per heavy atom. The molecular formula is C18H27N7. The summed E-state index contributed by atoms with van der Waals surface area (Å²) in [5.41, 5.74) is 1.28. The second-order valence-electron chi connectivity index (χ2n) is 6.53. The van der Waals surface area contributed by atoms with Gasteiger partial charge in [0.05, 0.1) is 6.20 Å². The number of rotatable bonds is 7. The summed E-state index contributed by atoms with van der Waals surface area (Å²) in [5.74, 6) is 1.51. The quantitative estimate of drug-likeness (QED) is 0.767. The fourth-order valence-corrected chi connectivity index (χ4v) is 2.95. The van der Waals surface area contributed by atoms with Crippen LogP contribution in [-0.4, -0.2) is 73.4 Å². The minimum Gasteiger partial charge on any atom is -0.368 e. The Bertz CT molecular complexity index is 639. The summed E-state index contributed by atoms with van der Waals surface area (Å²) in [6.07, 6.45) is 2.81. The number of aromatic nitrogens is 3.